The fourth-order valence-corrected chi connectivity index (χ4v) is 2.83. The molecule has 1 fully saturated rings. The fraction of sp³-hybridized carbons (Fsp3) is 0.312. The average Bonchev–Trinajstić information content (AvgIpc) is 2.64. The van der Waals surface area contributed by atoms with Crippen LogP contribution in [0.1, 0.15) is 19.3 Å². The molecule has 3 nitrogen and oxygen atoms in total. The van der Waals surface area contributed by atoms with Crippen molar-refractivity contribution in [2.24, 2.45) is 0 Å². The highest BCUT2D eigenvalue weighted by Gasteiger charge is 2.22. The summed E-state index contributed by atoms with van der Waals surface area (Å²) in [6.45, 7) is 0.754. The van der Waals surface area contributed by atoms with Crippen LogP contribution in [0.15, 0.2) is 40.9 Å². The van der Waals surface area contributed by atoms with Gasteiger partial charge in [-0.15, -0.1) is 0 Å². The Bertz CT molecular complexity index is 641. The van der Waals surface area contributed by atoms with E-state index in [0.29, 0.717) is 0 Å². The third-order valence-electron chi connectivity index (χ3n) is 3.54. The molecule has 1 saturated heterocycles. The number of halogens is 1. The first-order chi connectivity index (χ1) is 9.72. The van der Waals surface area contributed by atoms with Gasteiger partial charge >= 0.3 is 0 Å². The Morgan fingerprint density at radius 2 is 1.90 bits per heavy atom. The van der Waals surface area contributed by atoms with Crippen molar-refractivity contribution in [3.8, 4) is 5.75 Å². The summed E-state index contributed by atoms with van der Waals surface area (Å²) in [6.07, 6.45) is 2.45. The van der Waals surface area contributed by atoms with Crippen LogP contribution >= 0.6 is 15.9 Å². The van der Waals surface area contributed by atoms with E-state index in [1.807, 2.05) is 30.3 Å². The van der Waals surface area contributed by atoms with E-state index in [2.05, 4.69) is 27.3 Å². The zero-order valence-corrected chi connectivity index (χ0v) is 12.7. The van der Waals surface area contributed by atoms with E-state index in [1.54, 1.807) is 0 Å². The van der Waals surface area contributed by atoms with Crippen molar-refractivity contribution in [2.75, 3.05) is 6.54 Å². The van der Waals surface area contributed by atoms with Gasteiger partial charge in [-0.2, -0.15) is 0 Å². The topological polar surface area (TPSA) is 38.3 Å². The van der Waals surface area contributed by atoms with Gasteiger partial charge in [0.15, 0.2) is 6.10 Å². The minimum absolute atomic E-state index is 0.00148. The Labute approximate surface area is 126 Å². The molecule has 4 heteroatoms. The van der Waals surface area contributed by atoms with Crippen LogP contribution in [0.25, 0.3) is 10.8 Å². The largest absolute Gasteiger partial charge is 0.481 e. The number of fused-ring (bicyclic) bond motifs is 1. The molecule has 0 aromatic heterocycles. The molecule has 1 unspecified atom stereocenters. The Kier molecular flexibility index (Phi) is 3.92. The molecule has 0 radical (unpaired) electrons. The van der Waals surface area contributed by atoms with Crippen molar-refractivity contribution in [3.63, 3.8) is 0 Å². The lowest BCUT2D eigenvalue weighted by molar-refractivity contribution is -0.127. The number of nitrogens with one attached hydrogen (secondary N) is 1. The second kappa shape index (κ2) is 5.83. The fourth-order valence-electron chi connectivity index (χ4n) is 2.46. The van der Waals surface area contributed by atoms with Gasteiger partial charge in [-0.3, -0.25) is 4.79 Å². The van der Waals surface area contributed by atoms with Gasteiger partial charge in [-0.25, -0.2) is 0 Å². The van der Waals surface area contributed by atoms with Crippen molar-refractivity contribution in [1.82, 2.24) is 5.32 Å². The quantitative estimate of drug-likeness (QED) is 0.910. The van der Waals surface area contributed by atoms with Crippen LogP contribution < -0.4 is 10.1 Å². The summed E-state index contributed by atoms with van der Waals surface area (Å²) in [7, 11) is 0. The molecule has 3 rings (SSSR count). The highest BCUT2D eigenvalue weighted by atomic mass is 79.9. The van der Waals surface area contributed by atoms with Crippen LogP contribution in [0.5, 0.6) is 5.75 Å². The van der Waals surface area contributed by atoms with Crippen LogP contribution in [-0.2, 0) is 4.79 Å². The molecule has 2 aromatic rings. The zero-order valence-electron chi connectivity index (χ0n) is 11.1. The van der Waals surface area contributed by atoms with Crippen LogP contribution in [0.4, 0.5) is 0 Å². The first-order valence-corrected chi connectivity index (χ1v) is 7.65. The van der Waals surface area contributed by atoms with E-state index >= 15 is 0 Å². The average molecular weight is 334 g/mol. The van der Waals surface area contributed by atoms with Crippen molar-refractivity contribution in [3.05, 3.63) is 40.9 Å². The normalized spacial score (nSPS) is 19.4. The third kappa shape index (κ3) is 2.96. The number of amides is 1. The summed E-state index contributed by atoms with van der Waals surface area (Å²) < 4.78 is 6.92. The highest BCUT2D eigenvalue weighted by molar-refractivity contribution is 9.10. The van der Waals surface area contributed by atoms with Crippen molar-refractivity contribution in [1.29, 1.82) is 0 Å². The van der Waals surface area contributed by atoms with Crippen LogP contribution in [-0.4, -0.2) is 18.6 Å². The lowest BCUT2D eigenvalue weighted by Gasteiger charge is -2.16. The Morgan fingerprint density at radius 3 is 2.80 bits per heavy atom. The monoisotopic (exact) mass is 333 g/mol. The summed E-state index contributed by atoms with van der Waals surface area (Å²) >= 11 is 3.46. The number of benzene rings is 2. The molecule has 0 spiro atoms. The van der Waals surface area contributed by atoms with Crippen LogP contribution in [0, 0.1) is 0 Å². The van der Waals surface area contributed by atoms with E-state index in [9.17, 15) is 4.79 Å². The number of hydrogen-bond donors (Lipinski definition) is 1. The summed E-state index contributed by atoms with van der Waals surface area (Å²) in [5, 5.41) is 5.15. The molecular weight excluding hydrogens is 318 g/mol. The zero-order chi connectivity index (χ0) is 13.9. The lowest BCUT2D eigenvalue weighted by atomic mass is 10.1. The van der Waals surface area contributed by atoms with Crippen LogP contribution in [0.2, 0.25) is 0 Å². The molecule has 2 aromatic carbocycles. The van der Waals surface area contributed by atoms with Gasteiger partial charge in [0, 0.05) is 11.0 Å². The second-order valence-electron chi connectivity index (χ2n) is 5.05. The van der Waals surface area contributed by atoms with E-state index in [-0.39, 0.29) is 12.0 Å². The predicted molar refractivity (Wildman–Crippen MR) is 82.9 cm³/mol. The van der Waals surface area contributed by atoms with Gasteiger partial charge in [0.05, 0.1) is 0 Å². The number of hydrogen-bond acceptors (Lipinski definition) is 2. The maximum Gasteiger partial charge on any atom is 0.261 e. The summed E-state index contributed by atoms with van der Waals surface area (Å²) in [4.78, 5) is 11.9. The van der Waals surface area contributed by atoms with Gasteiger partial charge in [-0.1, -0.05) is 28.1 Å². The van der Waals surface area contributed by atoms with Crippen molar-refractivity contribution >= 4 is 32.6 Å². The molecule has 0 saturated carbocycles. The standard InChI is InChI=1S/C16H16BrNO2/c17-13-6-4-12-10-14(7-5-11(12)9-13)20-15-3-1-2-8-18-16(15)19/h4-7,9-10,15H,1-3,8H2,(H,18,19). The van der Waals surface area contributed by atoms with E-state index < -0.39 is 0 Å². The molecule has 20 heavy (non-hydrogen) atoms. The first kappa shape index (κ1) is 13.4. The second-order valence-corrected chi connectivity index (χ2v) is 5.96. The minimum Gasteiger partial charge on any atom is -0.481 e. The SMILES string of the molecule is O=C1NCCCCC1Oc1ccc2cc(Br)ccc2c1. The predicted octanol–water partition coefficient (Wildman–Crippen LogP) is 3.65. The smallest absolute Gasteiger partial charge is 0.261 e. The van der Waals surface area contributed by atoms with Gasteiger partial charge in [0.25, 0.3) is 5.91 Å². The molecular formula is C16H16BrNO2. The molecule has 1 amide bonds. The van der Waals surface area contributed by atoms with Gasteiger partial charge < -0.3 is 10.1 Å². The number of rotatable bonds is 2. The van der Waals surface area contributed by atoms with Gasteiger partial charge in [0.1, 0.15) is 5.75 Å². The Hall–Kier alpha value is -1.55. The summed E-state index contributed by atoms with van der Waals surface area (Å²) in [5.74, 6) is 0.750. The number of carbonyl (C=O) groups excluding carboxylic acids is 1. The van der Waals surface area contributed by atoms with Gasteiger partial charge in [0.2, 0.25) is 0 Å². The minimum atomic E-state index is -0.370. The molecule has 1 atom stereocenters. The third-order valence-corrected chi connectivity index (χ3v) is 4.03. The summed E-state index contributed by atoms with van der Waals surface area (Å²) in [6, 6.07) is 12.0. The molecule has 1 N–H and O–H groups in total. The molecule has 104 valence electrons. The molecule has 1 aliphatic heterocycles. The number of carbonyl (C=O) groups is 1. The van der Waals surface area contributed by atoms with E-state index in [1.165, 1.54) is 0 Å². The van der Waals surface area contributed by atoms with E-state index in [0.717, 1.165) is 46.8 Å². The molecule has 0 aliphatic carbocycles. The number of ether oxygens (including phenoxy) is 1. The Morgan fingerprint density at radius 1 is 1.10 bits per heavy atom. The lowest BCUT2D eigenvalue weighted by Crippen LogP contribution is -2.36. The molecule has 0 bridgehead atoms. The molecule has 1 heterocycles. The van der Waals surface area contributed by atoms with Gasteiger partial charge in [-0.05, 0) is 54.3 Å². The van der Waals surface area contributed by atoms with Crippen LogP contribution in [0.3, 0.4) is 0 Å². The maximum atomic E-state index is 11.9. The Balaban J connectivity index is 1.83. The highest BCUT2D eigenvalue weighted by Crippen LogP contribution is 2.25. The first-order valence-electron chi connectivity index (χ1n) is 6.86. The molecule has 1 aliphatic rings. The van der Waals surface area contributed by atoms with Crippen molar-refractivity contribution in [2.45, 2.75) is 25.4 Å². The van der Waals surface area contributed by atoms with Crippen molar-refractivity contribution < 1.29 is 9.53 Å². The van der Waals surface area contributed by atoms with E-state index in [4.69, 9.17) is 4.74 Å². The maximum absolute atomic E-state index is 11.9. The summed E-state index contributed by atoms with van der Waals surface area (Å²) in [5.41, 5.74) is 0.